The Morgan fingerprint density at radius 3 is 2.58 bits per heavy atom. The lowest BCUT2D eigenvalue weighted by Crippen LogP contribution is -2.16. The Balaban J connectivity index is 2.37. The molecule has 1 amide bonds. The molecule has 0 bridgehead atoms. The Hall–Kier alpha value is -3.11. The van der Waals surface area contributed by atoms with E-state index in [9.17, 15) is 19.6 Å². The number of nitriles is 1. The fraction of sp³-hybridized carbons (Fsp3) is 0.273. The molecule has 0 saturated carbocycles. The van der Waals surface area contributed by atoms with Gasteiger partial charge >= 0.3 is 11.9 Å². The smallest absolute Gasteiger partial charge is 0.341 e. The molecule has 0 unspecified atom stereocenters. The monoisotopic (exact) mass is 584 g/mol. The second-order valence-corrected chi connectivity index (χ2v) is 8.94. The van der Waals surface area contributed by atoms with Crippen LogP contribution in [0.3, 0.4) is 0 Å². The van der Waals surface area contributed by atoms with Crippen molar-refractivity contribution in [2.75, 3.05) is 25.6 Å². The number of methoxy groups -OCH3 is 1. The van der Waals surface area contributed by atoms with Crippen molar-refractivity contribution in [2.24, 2.45) is 0 Å². The van der Waals surface area contributed by atoms with Crippen molar-refractivity contribution in [1.82, 2.24) is 0 Å². The average molecular weight is 584 g/mol. The Morgan fingerprint density at radius 1 is 1.30 bits per heavy atom. The molecule has 1 heterocycles. The number of carboxylic acids is 1. The number of halogens is 1. The molecule has 0 fully saturated rings. The first-order chi connectivity index (χ1) is 15.6. The first-order valence-corrected chi connectivity index (χ1v) is 11.4. The van der Waals surface area contributed by atoms with E-state index in [1.807, 2.05) is 35.6 Å². The first kappa shape index (κ1) is 26.1. The maximum Gasteiger partial charge on any atom is 0.341 e. The largest absolute Gasteiger partial charge is 0.493 e. The lowest BCUT2D eigenvalue weighted by Gasteiger charge is -2.12. The number of carbonyl (C=O) groups excluding carboxylic acids is 2. The zero-order valence-electron chi connectivity index (χ0n) is 18.3. The first-order valence-electron chi connectivity index (χ1n) is 9.55. The van der Waals surface area contributed by atoms with Crippen LogP contribution in [0.5, 0.6) is 11.5 Å². The quantitative estimate of drug-likeness (QED) is 0.194. The summed E-state index contributed by atoms with van der Waals surface area (Å²) in [6.45, 7) is 4.92. The summed E-state index contributed by atoms with van der Waals surface area (Å²) < 4.78 is 16.1. The minimum atomic E-state index is -1.14. The Kier molecular flexibility index (Phi) is 9.24. The summed E-state index contributed by atoms with van der Waals surface area (Å²) in [5, 5.41) is 21.3. The van der Waals surface area contributed by atoms with Gasteiger partial charge in [0.25, 0.3) is 5.91 Å². The zero-order valence-corrected chi connectivity index (χ0v) is 21.3. The van der Waals surface area contributed by atoms with Crippen LogP contribution in [0, 0.1) is 28.7 Å². The number of benzene rings is 1. The van der Waals surface area contributed by atoms with Gasteiger partial charge in [-0.2, -0.15) is 5.26 Å². The number of hydrogen-bond acceptors (Lipinski definition) is 8. The van der Waals surface area contributed by atoms with Crippen molar-refractivity contribution < 1.29 is 33.7 Å². The number of thiophene rings is 1. The maximum absolute atomic E-state index is 12.8. The topological polar surface area (TPSA) is 135 Å². The fourth-order valence-electron chi connectivity index (χ4n) is 2.75. The number of nitrogens with one attached hydrogen (secondary N) is 1. The minimum Gasteiger partial charge on any atom is -0.493 e. The minimum absolute atomic E-state index is 0.191. The average Bonchev–Trinajstić information content (AvgIpc) is 3.03. The van der Waals surface area contributed by atoms with Gasteiger partial charge in [0, 0.05) is 4.88 Å². The van der Waals surface area contributed by atoms with E-state index in [4.69, 9.17) is 19.3 Å². The van der Waals surface area contributed by atoms with Crippen LogP contribution in [0.1, 0.15) is 33.3 Å². The number of amides is 1. The van der Waals surface area contributed by atoms with Crippen molar-refractivity contribution in [1.29, 1.82) is 5.26 Å². The lowest BCUT2D eigenvalue weighted by atomic mass is 10.1. The summed E-state index contributed by atoms with van der Waals surface area (Å²) in [6.07, 6.45) is 1.36. The number of anilines is 1. The van der Waals surface area contributed by atoms with E-state index in [2.05, 4.69) is 5.32 Å². The highest BCUT2D eigenvalue weighted by Crippen LogP contribution is 2.35. The molecule has 0 aliphatic rings. The van der Waals surface area contributed by atoms with Crippen LogP contribution in [0.25, 0.3) is 6.08 Å². The molecule has 33 heavy (non-hydrogen) atoms. The van der Waals surface area contributed by atoms with E-state index in [1.54, 1.807) is 19.9 Å². The maximum atomic E-state index is 12.8. The Labute approximate surface area is 208 Å². The second-order valence-electron chi connectivity index (χ2n) is 6.55. The molecule has 1 aromatic heterocycles. The number of esters is 1. The third-order valence-electron chi connectivity index (χ3n) is 4.36. The molecule has 0 spiro atoms. The van der Waals surface area contributed by atoms with Gasteiger partial charge < -0.3 is 24.6 Å². The lowest BCUT2D eigenvalue weighted by molar-refractivity contribution is -0.139. The molecule has 0 aliphatic carbocycles. The van der Waals surface area contributed by atoms with Gasteiger partial charge in [-0.05, 0) is 72.7 Å². The molecule has 2 N–H and O–H groups in total. The highest BCUT2D eigenvalue weighted by Gasteiger charge is 2.23. The number of rotatable bonds is 9. The molecule has 0 aliphatic heterocycles. The fourth-order valence-corrected chi connectivity index (χ4v) is 4.57. The summed E-state index contributed by atoms with van der Waals surface area (Å²) in [6, 6.07) is 5.00. The van der Waals surface area contributed by atoms with Gasteiger partial charge in [0.2, 0.25) is 0 Å². The normalized spacial score (nSPS) is 10.8. The van der Waals surface area contributed by atoms with Gasteiger partial charge in [-0.15, -0.1) is 11.3 Å². The van der Waals surface area contributed by atoms with Crippen LogP contribution in [-0.2, 0) is 14.3 Å². The summed E-state index contributed by atoms with van der Waals surface area (Å²) in [7, 11) is 1.39. The number of aliphatic carboxylic acids is 1. The summed E-state index contributed by atoms with van der Waals surface area (Å²) in [5.41, 5.74) is 1.23. The highest BCUT2D eigenvalue weighted by atomic mass is 127. The molecule has 0 saturated heterocycles. The van der Waals surface area contributed by atoms with E-state index in [0.29, 0.717) is 19.7 Å². The third-order valence-corrected chi connectivity index (χ3v) is 6.28. The van der Waals surface area contributed by atoms with E-state index in [-0.39, 0.29) is 29.2 Å². The van der Waals surface area contributed by atoms with Crippen LogP contribution >= 0.6 is 33.9 Å². The zero-order chi connectivity index (χ0) is 24.7. The standard InChI is InChI=1S/C22H21IN2O7S/c1-5-31-22(29)18-11(2)12(3)33-21(18)25-20(28)14(9-24)6-13-7-15(23)19(16(8-13)30-4)32-10-17(26)27/h6-8H,5,10H2,1-4H3,(H,25,28)(H,26,27)/b14-6+. The van der Waals surface area contributed by atoms with Crippen molar-refractivity contribution in [3.63, 3.8) is 0 Å². The van der Waals surface area contributed by atoms with Crippen LogP contribution < -0.4 is 14.8 Å². The van der Waals surface area contributed by atoms with Gasteiger partial charge in [0.1, 0.15) is 16.6 Å². The summed E-state index contributed by atoms with van der Waals surface area (Å²) in [4.78, 5) is 36.8. The molecule has 11 heteroatoms. The highest BCUT2D eigenvalue weighted by molar-refractivity contribution is 14.1. The van der Waals surface area contributed by atoms with Crippen molar-refractivity contribution in [3.8, 4) is 17.6 Å². The van der Waals surface area contributed by atoms with E-state index >= 15 is 0 Å². The third kappa shape index (κ3) is 6.45. The van der Waals surface area contributed by atoms with Gasteiger partial charge in [-0.3, -0.25) is 4.79 Å². The number of hydrogen-bond donors (Lipinski definition) is 2. The van der Waals surface area contributed by atoms with Crippen molar-refractivity contribution in [3.05, 3.63) is 42.8 Å². The summed E-state index contributed by atoms with van der Waals surface area (Å²) in [5.74, 6) is -1.88. The second kappa shape index (κ2) is 11.7. The SMILES string of the molecule is CCOC(=O)c1c(NC(=O)/C(C#N)=C/c2cc(I)c(OCC(=O)O)c(OC)c2)sc(C)c1C. The van der Waals surface area contributed by atoms with Gasteiger partial charge in [-0.1, -0.05) is 0 Å². The molecule has 0 radical (unpaired) electrons. The van der Waals surface area contributed by atoms with Crippen LogP contribution in [0.15, 0.2) is 17.7 Å². The van der Waals surface area contributed by atoms with Crippen LogP contribution in [0.4, 0.5) is 5.00 Å². The molecular weight excluding hydrogens is 563 g/mol. The molecule has 2 rings (SSSR count). The summed E-state index contributed by atoms with van der Waals surface area (Å²) >= 11 is 3.16. The number of ether oxygens (including phenoxy) is 3. The predicted molar refractivity (Wildman–Crippen MR) is 131 cm³/mol. The van der Waals surface area contributed by atoms with Crippen molar-refractivity contribution >= 4 is 62.9 Å². The van der Waals surface area contributed by atoms with Gasteiger partial charge in [0.15, 0.2) is 18.1 Å². The van der Waals surface area contributed by atoms with Crippen molar-refractivity contribution in [2.45, 2.75) is 20.8 Å². The van der Waals surface area contributed by atoms with Crippen LogP contribution in [-0.4, -0.2) is 43.3 Å². The van der Waals surface area contributed by atoms with E-state index < -0.39 is 24.5 Å². The Morgan fingerprint density at radius 2 is 2.00 bits per heavy atom. The molecule has 0 atom stereocenters. The van der Waals surface area contributed by atoms with Crippen LogP contribution in [0.2, 0.25) is 0 Å². The number of aryl methyl sites for hydroxylation is 1. The molecule has 2 aromatic rings. The van der Waals surface area contributed by atoms with E-state index in [0.717, 1.165) is 4.88 Å². The number of carbonyl (C=O) groups is 3. The number of nitrogens with zero attached hydrogens (tertiary/aromatic N) is 1. The number of carboxylic acid groups (broad SMARTS) is 1. The van der Waals surface area contributed by atoms with E-state index in [1.165, 1.54) is 30.6 Å². The predicted octanol–water partition coefficient (Wildman–Crippen LogP) is 4.16. The molecule has 174 valence electrons. The van der Waals surface area contributed by atoms with Gasteiger partial charge in [0.05, 0.1) is 22.9 Å². The molecule has 1 aromatic carbocycles. The molecular formula is C22H21IN2O7S. The van der Waals surface area contributed by atoms with Gasteiger partial charge in [-0.25, -0.2) is 9.59 Å². The molecule has 9 nitrogen and oxygen atoms in total. The Bertz CT molecular complexity index is 1160.